The first-order valence-corrected chi connectivity index (χ1v) is 10.3. The maximum Gasteiger partial charge on any atom is 0.246 e. The fourth-order valence-electron chi connectivity index (χ4n) is 3.63. The summed E-state index contributed by atoms with van der Waals surface area (Å²) in [6.07, 6.45) is 2.26. The van der Waals surface area contributed by atoms with Gasteiger partial charge >= 0.3 is 0 Å². The third kappa shape index (κ3) is 3.35. The summed E-state index contributed by atoms with van der Waals surface area (Å²) >= 11 is 1.43. The Balaban J connectivity index is 1.54. The Morgan fingerprint density at radius 3 is 2.32 bits per heavy atom. The Hall–Kier alpha value is -2.18. The van der Waals surface area contributed by atoms with Gasteiger partial charge in [-0.25, -0.2) is 4.39 Å². The molecule has 2 atom stereocenters. The predicted molar refractivity (Wildman–Crippen MR) is 112 cm³/mol. The number of carbonyl (C=O) groups excluding carboxylic acids is 1. The third-order valence-electron chi connectivity index (χ3n) is 5.91. The maximum atomic E-state index is 13.1. The molecule has 2 aromatic rings. The Bertz CT molecular complexity index is 922. The molecule has 0 radical (unpaired) electrons. The van der Waals surface area contributed by atoms with E-state index in [2.05, 4.69) is 22.4 Å². The normalized spacial score (nSPS) is 25.6. The van der Waals surface area contributed by atoms with E-state index in [0.29, 0.717) is 11.7 Å². The molecular weight excluding hydrogens is 373 g/mol. The summed E-state index contributed by atoms with van der Waals surface area (Å²) in [7, 11) is 0. The lowest BCUT2D eigenvalue weighted by atomic mass is 9.92. The number of halogens is 1. The number of carbonyl (C=O) groups is 1. The van der Waals surface area contributed by atoms with Crippen LogP contribution in [0.3, 0.4) is 0 Å². The van der Waals surface area contributed by atoms with Crippen molar-refractivity contribution >= 4 is 22.8 Å². The van der Waals surface area contributed by atoms with Gasteiger partial charge in [-0.2, -0.15) is 0 Å². The second kappa shape index (κ2) is 7.01. The second-order valence-electron chi connectivity index (χ2n) is 7.81. The molecule has 2 aliphatic rings. The van der Waals surface area contributed by atoms with Crippen LogP contribution in [-0.4, -0.2) is 17.6 Å². The van der Waals surface area contributed by atoms with Gasteiger partial charge in [0.15, 0.2) is 5.17 Å². The molecule has 1 saturated carbocycles. The highest BCUT2D eigenvalue weighted by molar-refractivity contribution is 8.15. The lowest BCUT2D eigenvalue weighted by Crippen LogP contribution is -2.32. The van der Waals surface area contributed by atoms with Crippen LogP contribution in [0.2, 0.25) is 0 Å². The average molecular weight is 398 g/mol. The maximum absolute atomic E-state index is 13.1. The van der Waals surface area contributed by atoms with E-state index in [4.69, 9.17) is 5.73 Å². The number of hydrogen-bond donors (Lipinski definition) is 2. The molecule has 0 aromatic heterocycles. The van der Waals surface area contributed by atoms with Gasteiger partial charge in [0.05, 0.1) is 6.04 Å². The zero-order valence-corrected chi connectivity index (χ0v) is 16.9. The van der Waals surface area contributed by atoms with Crippen LogP contribution in [0.5, 0.6) is 0 Å². The number of aliphatic imine (C=N–C) groups is 1. The van der Waals surface area contributed by atoms with E-state index in [1.807, 2.05) is 26.0 Å². The molecule has 1 aliphatic heterocycles. The highest BCUT2D eigenvalue weighted by atomic mass is 32.2. The zero-order chi connectivity index (χ0) is 19.9. The number of amides is 1. The zero-order valence-electron chi connectivity index (χ0n) is 16.0. The molecule has 2 aromatic carbocycles. The van der Waals surface area contributed by atoms with Gasteiger partial charge in [0.25, 0.3) is 0 Å². The summed E-state index contributed by atoms with van der Waals surface area (Å²) in [5, 5.41) is 3.50. The highest BCUT2D eigenvalue weighted by Crippen LogP contribution is 2.48. The van der Waals surface area contributed by atoms with Gasteiger partial charge < -0.3 is 11.1 Å². The van der Waals surface area contributed by atoms with Crippen LogP contribution < -0.4 is 11.1 Å². The summed E-state index contributed by atoms with van der Waals surface area (Å²) in [5.74, 6) is -0.346. The van der Waals surface area contributed by atoms with E-state index in [-0.39, 0.29) is 23.2 Å². The fraction of sp³-hybridized carbons (Fsp3) is 0.364. The van der Waals surface area contributed by atoms with Crippen LogP contribution in [0, 0.1) is 5.82 Å². The van der Waals surface area contributed by atoms with Crippen molar-refractivity contribution in [3.05, 3.63) is 71.0 Å². The first kappa shape index (κ1) is 19.2. The lowest BCUT2D eigenvalue weighted by molar-refractivity contribution is -0.121. The summed E-state index contributed by atoms with van der Waals surface area (Å²) in [4.78, 5) is 17.4. The molecule has 0 spiro atoms. The Kier molecular flexibility index (Phi) is 4.79. The van der Waals surface area contributed by atoms with Crippen LogP contribution in [0.25, 0.3) is 0 Å². The van der Waals surface area contributed by atoms with Crippen molar-refractivity contribution in [2.75, 3.05) is 6.54 Å². The number of rotatable bonds is 5. The van der Waals surface area contributed by atoms with Gasteiger partial charge in [-0.1, -0.05) is 48.2 Å². The molecule has 6 heteroatoms. The minimum atomic E-state index is -0.723. The van der Waals surface area contributed by atoms with E-state index < -0.39 is 4.75 Å². The molecule has 1 aliphatic carbocycles. The number of thioether (sulfide) groups is 1. The SMILES string of the molecule is C[C@H](N=C1NC(=O)C(C)(c2ccc(C3(CN)CC3)cc2)S1)c1ccc(F)cc1. The van der Waals surface area contributed by atoms with E-state index in [0.717, 1.165) is 24.0 Å². The number of amidine groups is 1. The van der Waals surface area contributed by atoms with Crippen LogP contribution in [0.1, 0.15) is 49.4 Å². The summed E-state index contributed by atoms with van der Waals surface area (Å²) in [6, 6.07) is 14.4. The largest absolute Gasteiger partial charge is 0.330 e. The van der Waals surface area contributed by atoms with Crippen LogP contribution in [0.4, 0.5) is 4.39 Å². The van der Waals surface area contributed by atoms with Crippen molar-refractivity contribution in [1.82, 2.24) is 5.32 Å². The lowest BCUT2D eigenvalue weighted by Gasteiger charge is -2.21. The molecule has 28 heavy (non-hydrogen) atoms. The topological polar surface area (TPSA) is 67.5 Å². The molecule has 1 heterocycles. The molecule has 4 nitrogen and oxygen atoms in total. The highest BCUT2D eigenvalue weighted by Gasteiger charge is 2.46. The number of benzene rings is 2. The standard InChI is InChI=1S/C22H24FN3OS/c1-14(15-3-9-18(23)10-4-15)25-20-26-19(27)21(2,28-20)16-5-7-17(8-6-16)22(13-24)11-12-22/h3-10,14H,11-13,24H2,1-2H3,(H,25,26,27)/t14-,21?/m0/s1. The van der Waals surface area contributed by atoms with Crippen molar-refractivity contribution in [2.45, 2.75) is 42.9 Å². The third-order valence-corrected chi connectivity index (χ3v) is 7.14. The van der Waals surface area contributed by atoms with Crippen LogP contribution in [-0.2, 0) is 15.0 Å². The van der Waals surface area contributed by atoms with Gasteiger partial charge in [0.2, 0.25) is 5.91 Å². The van der Waals surface area contributed by atoms with Gasteiger partial charge in [-0.15, -0.1) is 0 Å². The Labute approximate surface area is 168 Å². The molecule has 1 unspecified atom stereocenters. The number of nitrogens with zero attached hydrogens (tertiary/aromatic N) is 1. The molecule has 4 rings (SSSR count). The first-order valence-electron chi connectivity index (χ1n) is 9.51. The minimum Gasteiger partial charge on any atom is -0.330 e. The summed E-state index contributed by atoms with van der Waals surface area (Å²) in [5.41, 5.74) is 9.17. The van der Waals surface area contributed by atoms with Crippen molar-refractivity contribution in [3.8, 4) is 0 Å². The number of hydrogen-bond acceptors (Lipinski definition) is 4. The summed E-state index contributed by atoms with van der Waals surface area (Å²) in [6.45, 7) is 4.51. The van der Waals surface area contributed by atoms with Crippen molar-refractivity contribution in [2.24, 2.45) is 10.7 Å². The first-order chi connectivity index (χ1) is 13.4. The van der Waals surface area contributed by atoms with E-state index in [9.17, 15) is 9.18 Å². The molecule has 0 bridgehead atoms. The molecule has 1 amide bonds. The van der Waals surface area contributed by atoms with Crippen molar-refractivity contribution in [1.29, 1.82) is 0 Å². The van der Waals surface area contributed by atoms with E-state index in [1.54, 1.807) is 12.1 Å². The smallest absolute Gasteiger partial charge is 0.246 e. The average Bonchev–Trinajstić information content (AvgIpc) is 3.44. The van der Waals surface area contributed by atoms with E-state index >= 15 is 0 Å². The van der Waals surface area contributed by atoms with Crippen LogP contribution in [0.15, 0.2) is 53.5 Å². The predicted octanol–water partition coefficient (Wildman–Crippen LogP) is 4.01. The summed E-state index contributed by atoms with van der Waals surface area (Å²) < 4.78 is 12.4. The van der Waals surface area contributed by atoms with Gasteiger partial charge in [0.1, 0.15) is 10.6 Å². The number of nitrogens with two attached hydrogens (primary N) is 1. The number of nitrogens with one attached hydrogen (secondary N) is 1. The Morgan fingerprint density at radius 2 is 1.75 bits per heavy atom. The minimum absolute atomic E-state index is 0.0738. The van der Waals surface area contributed by atoms with Gasteiger partial charge in [0, 0.05) is 12.0 Å². The van der Waals surface area contributed by atoms with Crippen molar-refractivity contribution < 1.29 is 9.18 Å². The quantitative estimate of drug-likeness (QED) is 0.801. The molecular formula is C22H24FN3OS. The Morgan fingerprint density at radius 1 is 1.14 bits per heavy atom. The molecule has 3 N–H and O–H groups in total. The fourth-order valence-corrected chi connectivity index (χ4v) is 4.76. The second-order valence-corrected chi connectivity index (χ2v) is 9.22. The molecule has 2 fully saturated rings. The van der Waals surface area contributed by atoms with Crippen molar-refractivity contribution in [3.63, 3.8) is 0 Å². The van der Waals surface area contributed by atoms with Crippen LogP contribution >= 0.6 is 11.8 Å². The van der Waals surface area contributed by atoms with Gasteiger partial charge in [-0.05, 0) is 55.5 Å². The van der Waals surface area contributed by atoms with Gasteiger partial charge in [-0.3, -0.25) is 9.79 Å². The monoisotopic (exact) mass is 397 g/mol. The molecule has 146 valence electrons. The van der Waals surface area contributed by atoms with E-state index in [1.165, 1.54) is 29.5 Å². The molecule has 1 saturated heterocycles.